The lowest BCUT2D eigenvalue weighted by molar-refractivity contribution is -0.143. The summed E-state index contributed by atoms with van der Waals surface area (Å²) < 4.78 is 1.78. The topological polar surface area (TPSA) is 139 Å². The number of Topliss-reactive ketones (excluding diaryl/α,β-unsaturated/α-hetero) is 1. The van der Waals surface area contributed by atoms with Crippen molar-refractivity contribution in [2.45, 2.75) is 105 Å². The molecule has 2 aromatic rings. The number of carbonyl (C=O) groups is 5. The zero-order valence-electron chi connectivity index (χ0n) is 29.1. The largest absolute Gasteiger partial charge is 0.417 e. The van der Waals surface area contributed by atoms with E-state index in [1.54, 1.807) is 11.8 Å². The molecule has 1 aromatic carbocycles. The second kappa shape index (κ2) is 22.6. The molecule has 11 nitrogen and oxygen atoms in total. The number of nitrogens with zero attached hydrogens (tertiary/aromatic N) is 2. The highest BCUT2D eigenvalue weighted by molar-refractivity contribution is 5.94. The van der Waals surface area contributed by atoms with Crippen LogP contribution < -0.4 is 20.8 Å². The van der Waals surface area contributed by atoms with Gasteiger partial charge in [-0.1, -0.05) is 78.5 Å². The number of amides is 4. The molecule has 0 bridgehead atoms. The SMILES string of the molecule is CCCC.CCCCCC(=O)C(C)C.COn1cc(C)c2ccccc21.O=C1CNC(=O)CNC(=O)C2CCCCN2C(=O)CN1. The van der Waals surface area contributed by atoms with Gasteiger partial charge >= 0.3 is 0 Å². The molecule has 3 N–H and O–H groups in total. The third-order valence-electron chi connectivity index (χ3n) is 7.68. The predicted octanol–water partition coefficient (Wildman–Crippen LogP) is 4.34. The Balaban J connectivity index is 0.000000348. The van der Waals surface area contributed by atoms with Crippen LogP contribution in [0.2, 0.25) is 0 Å². The predicted molar refractivity (Wildman–Crippen MR) is 182 cm³/mol. The van der Waals surface area contributed by atoms with Crippen LogP contribution in [0.15, 0.2) is 30.5 Å². The average Bonchev–Trinajstić information content (AvgIpc) is 3.40. The van der Waals surface area contributed by atoms with Gasteiger partial charge in [0.25, 0.3) is 0 Å². The molecule has 46 heavy (non-hydrogen) atoms. The van der Waals surface area contributed by atoms with Gasteiger partial charge in [-0.05, 0) is 44.2 Å². The molecule has 0 spiro atoms. The number of ketones is 1. The van der Waals surface area contributed by atoms with Gasteiger partial charge in [-0.3, -0.25) is 24.0 Å². The van der Waals surface area contributed by atoms with Gasteiger partial charge in [-0.25, -0.2) is 0 Å². The molecule has 4 rings (SSSR count). The first-order valence-electron chi connectivity index (χ1n) is 16.7. The molecule has 11 heteroatoms. The molecule has 3 heterocycles. The van der Waals surface area contributed by atoms with Gasteiger partial charge in [0, 0.05) is 30.5 Å². The van der Waals surface area contributed by atoms with Gasteiger partial charge in [0.2, 0.25) is 23.6 Å². The number of aromatic nitrogens is 1. The van der Waals surface area contributed by atoms with Gasteiger partial charge in [-0.2, -0.15) is 4.73 Å². The summed E-state index contributed by atoms with van der Waals surface area (Å²) in [4.78, 5) is 64.6. The molecule has 0 radical (unpaired) electrons. The fourth-order valence-electron chi connectivity index (χ4n) is 4.67. The first-order chi connectivity index (χ1) is 22.0. The fraction of sp³-hybridized carbons (Fsp3) is 0.629. The van der Waals surface area contributed by atoms with E-state index >= 15 is 0 Å². The lowest BCUT2D eigenvalue weighted by Gasteiger charge is -2.35. The Kier molecular flexibility index (Phi) is 19.7. The Bertz CT molecular complexity index is 1200. The van der Waals surface area contributed by atoms with Crippen LogP contribution in [-0.4, -0.2) is 78.4 Å². The van der Waals surface area contributed by atoms with Crippen LogP contribution in [0.25, 0.3) is 10.9 Å². The minimum Gasteiger partial charge on any atom is -0.417 e. The number of piperidine rings is 1. The second-order valence-corrected chi connectivity index (χ2v) is 11.8. The molecule has 2 aliphatic rings. The highest BCUT2D eigenvalue weighted by Gasteiger charge is 2.32. The Hall–Kier alpha value is -3.89. The number of benzene rings is 1. The van der Waals surface area contributed by atoms with Crippen molar-refractivity contribution in [3.8, 4) is 0 Å². The normalized spacial score (nSPS) is 16.8. The lowest BCUT2D eigenvalue weighted by atomic mass is 10.0. The third kappa shape index (κ3) is 14.5. The number of hydrogen-bond donors (Lipinski definition) is 3. The first kappa shape index (κ1) is 40.1. The molecule has 0 saturated carbocycles. The molecule has 2 saturated heterocycles. The Morgan fingerprint density at radius 2 is 1.52 bits per heavy atom. The molecule has 4 amide bonds. The van der Waals surface area contributed by atoms with Crippen molar-refractivity contribution < 1.29 is 28.8 Å². The number of hydrogen-bond acceptors (Lipinski definition) is 6. The van der Waals surface area contributed by atoms with E-state index in [2.05, 4.69) is 49.7 Å². The number of rotatable bonds is 7. The summed E-state index contributed by atoms with van der Waals surface area (Å²) in [6.45, 7) is 12.5. The van der Waals surface area contributed by atoms with Crippen molar-refractivity contribution in [2.75, 3.05) is 33.3 Å². The van der Waals surface area contributed by atoms with E-state index in [0.29, 0.717) is 18.7 Å². The highest BCUT2D eigenvalue weighted by Crippen LogP contribution is 2.19. The Morgan fingerprint density at radius 1 is 0.891 bits per heavy atom. The smallest absolute Gasteiger partial charge is 0.243 e. The number of nitrogens with one attached hydrogen (secondary N) is 3. The Morgan fingerprint density at radius 3 is 2.13 bits per heavy atom. The lowest BCUT2D eigenvalue weighted by Crippen LogP contribution is -2.56. The molecule has 1 aromatic heterocycles. The van der Waals surface area contributed by atoms with Crippen molar-refractivity contribution >= 4 is 40.3 Å². The molecule has 2 fully saturated rings. The van der Waals surface area contributed by atoms with Crippen LogP contribution in [0.5, 0.6) is 0 Å². The molecule has 258 valence electrons. The van der Waals surface area contributed by atoms with E-state index in [9.17, 15) is 24.0 Å². The summed E-state index contributed by atoms with van der Waals surface area (Å²) in [5.41, 5.74) is 2.37. The van der Waals surface area contributed by atoms with E-state index < -0.39 is 17.9 Å². The van der Waals surface area contributed by atoms with Crippen LogP contribution in [-0.2, 0) is 24.0 Å². The zero-order valence-corrected chi connectivity index (χ0v) is 29.1. The van der Waals surface area contributed by atoms with Gasteiger partial charge in [0.05, 0.1) is 25.2 Å². The van der Waals surface area contributed by atoms with E-state index in [1.807, 2.05) is 38.2 Å². The van der Waals surface area contributed by atoms with Crippen LogP contribution >= 0.6 is 0 Å². The van der Waals surface area contributed by atoms with E-state index in [0.717, 1.165) is 31.2 Å². The number of fused-ring (bicyclic) bond motifs is 2. The monoisotopic (exact) mass is 643 g/mol. The maximum atomic E-state index is 12.1. The van der Waals surface area contributed by atoms with Crippen LogP contribution in [0.3, 0.4) is 0 Å². The number of carbonyl (C=O) groups excluding carboxylic acids is 5. The number of para-hydroxylation sites is 1. The second-order valence-electron chi connectivity index (χ2n) is 11.8. The standard InChI is InChI=1S/C12H18N4O4.C10H11NO.C9H18O.C4H10/c17-9-5-13-10(18)6-15-12(20)8-3-1-2-4-16(8)11(19)7-14-9;1-8-7-11(12-2)10-6-4-3-5-9(8)10;1-4-5-6-7-9(10)8(2)3;1-3-4-2/h8H,1-7H2,(H,13,18)(H,14,17)(H,15,20);3-7H,1-2H3;8H,4-7H2,1-3H3;3-4H2,1-2H3. The first-order valence-corrected chi connectivity index (χ1v) is 16.7. The summed E-state index contributed by atoms with van der Waals surface area (Å²) in [7, 11) is 1.67. The van der Waals surface area contributed by atoms with E-state index in [1.165, 1.54) is 41.5 Å². The quantitative estimate of drug-likeness (QED) is 0.384. The minimum absolute atomic E-state index is 0.154. The van der Waals surface area contributed by atoms with Crippen molar-refractivity contribution in [2.24, 2.45) is 5.92 Å². The molecule has 0 aliphatic carbocycles. The molecule has 1 unspecified atom stereocenters. The van der Waals surface area contributed by atoms with Crippen molar-refractivity contribution in [3.63, 3.8) is 0 Å². The van der Waals surface area contributed by atoms with Gasteiger partial charge in [-0.15, -0.1) is 0 Å². The zero-order chi connectivity index (χ0) is 34.5. The van der Waals surface area contributed by atoms with E-state index in [4.69, 9.17) is 4.84 Å². The number of unbranched alkanes of at least 4 members (excludes halogenated alkanes) is 3. The summed E-state index contributed by atoms with van der Waals surface area (Å²) in [6.07, 6.45) is 11.2. The summed E-state index contributed by atoms with van der Waals surface area (Å²) in [5.74, 6) is -0.801. The fourth-order valence-corrected chi connectivity index (χ4v) is 4.67. The number of aryl methyl sites for hydroxylation is 1. The van der Waals surface area contributed by atoms with Gasteiger partial charge < -0.3 is 25.7 Å². The van der Waals surface area contributed by atoms with Crippen molar-refractivity contribution in [1.82, 2.24) is 25.6 Å². The molecular formula is C35H57N5O6. The van der Waals surface area contributed by atoms with Gasteiger partial charge in [0.1, 0.15) is 18.9 Å². The summed E-state index contributed by atoms with van der Waals surface area (Å²) >= 11 is 0. The molecular weight excluding hydrogens is 586 g/mol. The maximum Gasteiger partial charge on any atom is 0.243 e. The third-order valence-corrected chi connectivity index (χ3v) is 7.68. The molecule has 1 atom stereocenters. The van der Waals surface area contributed by atoms with Crippen LogP contribution in [0.1, 0.15) is 98.0 Å². The Labute approximate surface area is 275 Å². The van der Waals surface area contributed by atoms with Crippen molar-refractivity contribution in [3.05, 3.63) is 36.0 Å². The van der Waals surface area contributed by atoms with Crippen molar-refractivity contribution in [1.29, 1.82) is 0 Å². The summed E-state index contributed by atoms with van der Waals surface area (Å²) in [5, 5.41) is 8.57. The minimum atomic E-state index is -0.555. The van der Waals surface area contributed by atoms with Gasteiger partial charge in [0.15, 0.2) is 0 Å². The van der Waals surface area contributed by atoms with Crippen LogP contribution in [0, 0.1) is 12.8 Å². The average molecular weight is 644 g/mol. The summed E-state index contributed by atoms with van der Waals surface area (Å²) in [6, 6.07) is 7.64. The van der Waals surface area contributed by atoms with Crippen LogP contribution in [0.4, 0.5) is 0 Å². The maximum absolute atomic E-state index is 12.1. The van der Waals surface area contributed by atoms with E-state index in [-0.39, 0.29) is 37.4 Å². The molecule has 2 aliphatic heterocycles. The highest BCUT2D eigenvalue weighted by atomic mass is 16.6.